The largest absolute Gasteiger partial charge is 0.472 e. The highest BCUT2D eigenvalue weighted by atomic mass is 16.7. The number of benzene rings is 2. The molecule has 25 heavy (non-hydrogen) atoms. The molecule has 4 rings (SSSR count). The Bertz CT molecular complexity index is 729. The number of hydrogen-bond acceptors (Lipinski definition) is 2. The average molecular weight is 332 g/mol. The molecule has 1 saturated carbocycles. The lowest BCUT2D eigenvalue weighted by Gasteiger charge is -2.46. The molecule has 0 aromatic heterocycles. The van der Waals surface area contributed by atoms with Crippen molar-refractivity contribution in [1.82, 2.24) is 0 Å². The van der Waals surface area contributed by atoms with Crippen molar-refractivity contribution >= 4 is 6.08 Å². The van der Waals surface area contributed by atoms with E-state index in [1.54, 1.807) is 0 Å². The summed E-state index contributed by atoms with van der Waals surface area (Å²) in [4.78, 5) is 0. The van der Waals surface area contributed by atoms with E-state index in [9.17, 15) is 0 Å². The predicted molar refractivity (Wildman–Crippen MR) is 101 cm³/mol. The molecule has 0 bridgehead atoms. The summed E-state index contributed by atoms with van der Waals surface area (Å²) in [5.74, 6) is 0.234. The molecule has 1 heterocycles. The van der Waals surface area contributed by atoms with Gasteiger partial charge in [-0.3, -0.25) is 0 Å². The Hall–Kier alpha value is -2.32. The van der Waals surface area contributed by atoms with Gasteiger partial charge in [-0.25, -0.2) is 0 Å². The SMILES string of the molecule is C1=C[C@@H](/C=C/c2ccccc2)CO[C@H](C2(c3ccccc3)CCC2)O1. The Labute approximate surface area is 149 Å². The Morgan fingerprint density at radius 1 is 0.920 bits per heavy atom. The molecule has 2 atom stereocenters. The van der Waals surface area contributed by atoms with Crippen molar-refractivity contribution < 1.29 is 9.47 Å². The fourth-order valence-electron chi connectivity index (χ4n) is 3.71. The highest BCUT2D eigenvalue weighted by molar-refractivity contribution is 5.49. The van der Waals surface area contributed by atoms with E-state index in [0.29, 0.717) is 6.61 Å². The second-order valence-corrected chi connectivity index (χ2v) is 6.94. The Kier molecular flexibility index (Phi) is 4.71. The van der Waals surface area contributed by atoms with Crippen molar-refractivity contribution in [3.63, 3.8) is 0 Å². The van der Waals surface area contributed by atoms with E-state index in [1.165, 1.54) is 17.5 Å². The van der Waals surface area contributed by atoms with Gasteiger partial charge in [-0.15, -0.1) is 0 Å². The summed E-state index contributed by atoms with van der Waals surface area (Å²) in [7, 11) is 0. The number of ether oxygens (including phenoxy) is 2. The third kappa shape index (κ3) is 3.40. The zero-order valence-electron chi connectivity index (χ0n) is 14.4. The van der Waals surface area contributed by atoms with Crippen molar-refractivity contribution in [2.45, 2.75) is 31.0 Å². The van der Waals surface area contributed by atoms with Gasteiger partial charge in [0.15, 0.2) is 0 Å². The Morgan fingerprint density at radius 2 is 1.64 bits per heavy atom. The van der Waals surface area contributed by atoms with Crippen molar-refractivity contribution in [3.8, 4) is 0 Å². The zero-order chi connectivity index (χ0) is 17.0. The maximum absolute atomic E-state index is 6.23. The molecule has 0 radical (unpaired) electrons. The van der Waals surface area contributed by atoms with E-state index >= 15 is 0 Å². The summed E-state index contributed by atoms with van der Waals surface area (Å²) in [6.07, 6.45) is 11.6. The molecular weight excluding hydrogens is 308 g/mol. The molecule has 2 aromatic rings. The molecule has 2 heteroatoms. The van der Waals surface area contributed by atoms with Crippen LogP contribution in [0.4, 0.5) is 0 Å². The summed E-state index contributed by atoms with van der Waals surface area (Å²) in [6.45, 7) is 0.652. The van der Waals surface area contributed by atoms with E-state index < -0.39 is 0 Å². The van der Waals surface area contributed by atoms with E-state index in [0.717, 1.165) is 12.8 Å². The fourth-order valence-corrected chi connectivity index (χ4v) is 3.71. The van der Waals surface area contributed by atoms with Crippen LogP contribution < -0.4 is 0 Å². The lowest BCUT2D eigenvalue weighted by atomic mass is 9.64. The summed E-state index contributed by atoms with van der Waals surface area (Å²) in [6, 6.07) is 21.0. The summed E-state index contributed by atoms with van der Waals surface area (Å²) >= 11 is 0. The zero-order valence-corrected chi connectivity index (χ0v) is 14.4. The van der Waals surface area contributed by atoms with E-state index in [2.05, 4.69) is 72.8 Å². The van der Waals surface area contributed by atoms with Crippen LogP contribution in [-0.2, 0) is 14.9 Å². The Balaban J connectivity index is 1.45. The number of rotatable bonds is 4. The van der Waals surface area contributed by atoms with Gasteiger partial charge in [0.05, 0.1) is 18.3 Å². The minimum Gasteiger partial charge on any atom is -0.472 e. The van der Waals surface area contributed by atoms with Crippen molar-refractivity contribution in [3.05, 3.63) is 90.2 Å². The van der Waals surface area contributed by atoms with Crippen LogP contribution in [0.1, 0.15) is 30.4 Å². The average Bonchev–Trinajstić information content (AvgIpc) is 2.87. The van der Waals surface area contributed by atoms with E-state index in [1.807, 2.05) is 12.3 Å². The first kappa shape index (κ1) is 16.2. The predicted octanol–water partition coefficient (Wildman–Crippen LogP) is 5.32. The van der Waals surface area contributed by atoms with Gasteiger partial charge in [0, 0.05) is 5.92 Å². The summed E-state index contributed by atoms with van der Waals surface area (Å²) < 4.78 is 12.2. The Morgan fingerprint density at radius 3 is 2.32 bits per heavy atom. The van der Waals surface area contributed by atoms with Gasteiger partial charge in [0.2, 0.25) is 6.29 Å². The van der Waals surface area contributed by atoms with Crippen LogP contribution in [-0.4, -0.2) is 12.9 Å². The quantitative estimate of drug-likeness (QED) is 0.754. The van der Waals surface area contributed by atoms with Crippen LogP contribution in [0.15, 0.2) is 79.1 Å². The van der Waals surface area contributed by atoms with Crippen molar-refractivity contribution in [1.29, 1.82) is 0 Å². The molecule has 2 aliphatic rings. The van der Waals surface area contributed by atoms with E-state index in [4.69, 9.17) is 9.47 Å². The van der Waals surface area contributed by atoms with Crippen molar-refractivity contribution in [2.24, 2.45) is 5.92 Å². The maximum Gasteiger partial charge on any atom is 0.208 e. The number of hydrogen-bond donors (Lipinski definition) is 0. The molecule has 2 nitrogen and oxygen atoms in total. The van der Waals surface area contributed by atoms with Gasteiger partial charge in [-0.1, -0.05) is 79.2 Å². The molecule has 0 amide bonds. The first-order chi connectivity index (χ1) is 12.4. The lowest BCUT2D eigenvalue weighted by molar-refractivity contribution is -0.169. The van der Waals surface area contributed by atoms with Crippen LogP contribution in [0.5, 0.6) is 0 Å². The minimum atomic E-state index is -0.199. The monoisotopic (exact) mass is 332 g/mol. The van der Waals surface area contributed by atoms with E-state index in [-0.39, 0.29) is 17.6 Å². The summed E-state index contributed by atoms with van der Waals surface area (Å²) in [5, 5.41) is 0. The fraction of sp³-hybridized carbons (Fsp3) is 0.304. The highest BCUT2D eigenvalue weighted by Gasteiger charge is 2.48. The van der Waals surface area contributed by atoms with Crippen molar-refractivity contribution in [2.75, 3.05) is 6.61 Å². The second-order valence-electron chi connectivity index (χ2n) is 6.94. The van der Waals surface area contributed by atoms with Gasteiger partial charge < -0.3 is 9.47 Å². The van der Waals surface area contributed by atoms with Gasteiger partial charge in [-0.05, 0) is 30.0 Å². The first-order valence-corrected chi connectivity index (χ1v) is 9.09. The van der Waals surface area contributed by atoms with Crippen LogP contribution in [0.2, 0.25) is 0 Å². The molecule has 1 aliphatic heterocycles. The molecule has 128 valence electrons. The third-order valence-corrected chi connectivity index (χ3v) is 5.35. The van der Waals surface area contributed by atoms with Gasteiger partial charge >= 0.3 is 0 Å². The standard InChI is InChI=1S/C23H24O2/c1-3-8-19(9-4-1)12-13-20-14-17-24-22(25-18-20)23(15-7-16-23)21-10-5-2-6-11-21/h1-6,8-14,17,20,22H,7,15-16,18H2/b13-12+/t20-,22-/m1/s1. The molecule has 2 aromatic carbocycles. The lowest BCUT2D eigenvalue weighted by Crippen LogP contribution is -2.47. The minimum absolute atomic E-state index is 0.00361. The summed E-state index contributed by atoms with van der Waals surface area (Å²) in [5.41, 5.74) is 2.54. The molecule has 0 unspecified atom stereocenters. The molecule has 0 spiro atoms. The first-order valence-electron chi connectivity index (χ1n) is 9.09. The molecule has 1 aliphatic carbocycles. The molecule has 0 N–H and O–H groups in total. The van der Waals surface area contributed by atoms with Gasteiger partial charge in [0.25, 0.3) is 0 Å². The van der Waals surface area contributed by atoms with Gasteiger partial charge in [0.1, 0.15) is 0 Å². The normalized spacial score (nSPS) is 25.1. The van der Waals surface area contributed by atoms with Crippen LogP contribution in [0.25, 0.3) is 6.08 Å². The smallest absolute Gasteiger partial charge is 0.208 e. The second kappa shape index (κ2) is 7.28. The topological polar surface area (TPSA) is 18.5 Å². The molecule has 0 saturated heterocycles. The van der Waals surface area contributed by atoms with Gasteiger partial charge in [-0.2, -0.15) is 0 Å². The van der Waals surface area contributed by atoms with Crippen LogP contribution >= 0.6 is 0 Å². The molecular formula is C23H24O2. The molecule has 1 fully saturated rings. The maximum atomic E-state index is 6.23. The highest BCUT2D eigenvalue weighted by Crippen LogP contribution is 2.48. The third-order valence-electron chi connectivity index (χ3n) is 5.35. The van der Waals surface area contributed by atoms with Crippen LogP contribution in [0, 0.1) is 5.92 Å². The van der Waals surface area contributed by atoms with Crippen LogP contribution in [0.3, 0.4) is 0 Å².